The molecule has 3 aliphatic heterocycles. The quantitative estimate of drug-likeness (QED) is 0.125. The van der Waals surface area contributed by atoms with E-state index in [1.54, 1.807) is 36.4 Å². The predicted octanol–water partition coefficient (Wildman–Crippen LogP) is 8.00. The van der Waals surface area contributed by atoms with E-state index in [4.69, 9.17) is 62.0 Å². The number of rotatable bonds is 3. The lowest BCUT2D eigenvalue weighted by Gasteiger charge is -2.27. The van der Waals surface area contributed by atoms with Gasteiger partial charge < -0.3 is 30.7 Å². The molecule has 2 unspecified atom stereocenters. The van der Waals surface area contributed by atoms with E-state index in [9.17, 15) is 14.7 Å². The standard InChI is InChI=1S/C17H11Cl2NO2.C13H11Cl2NO.C4H4O3/c18-9-5-6-13-11(7-9)15(10-3-1-2-4-12(10)19)16-14(20-13)8-22-17(16)21;14-8-5-6-12(16)10(7-8)13(17)9-3-1-2-4-11(9)15;5-3-1-4(6)7-2-3/h1-7,15,20H,8H2;1-7,13,17H,16H2;1,5H,2H2. The van der Waals surface area contributed by atoms with Gasteiger partial charge in [-0.3, -0.25) is 0 Å². The number of cyclic esters (lactones) is 2. The Morgan fingerprint density at radius 1 is 0.783 bits per heavy atom. The van der Waals surface area contributed by atoms with Gasteiger partial charge in [0.1, 0.15) is 25.1 Å². The molecular formula is C34H26Cl4N2O6. The molecule has 0 bridgehead atoms. The fraction of sp³-hybridized carbons (Fsp3) is 0.118. The zero-order chi connectivity index (χ0) is 33.0. The molecule has 2 atom stereocenters. The highest BCUT2D eigenvalue weighted by Crippen LogP contribution is 2.46. The molecule has 5 N–H and O–H groups in total. The molecule has 0 spiro atoms. The molecule has 3 heterocycles. The van der Waals surface area contributed by atoms with Crippen molar-refractivity contribution in [3.05, 3.63) is 150 Å². The minimum atomic E-state index is -0.873. The lowest BCUT2D eigenvalue weighted by atomic mass is 9.81. The summed E-state index contributed by atoms with van der Waals surface area (Å²) < 4.78 is 9.48. The van der Waals surface area contributed by atoms with Gasteiger partial charge >= 0.3 is 11.9 Å². The van der Waals surface area contributed by atoms with Gasteiger partial charge in [0.2, 0.25) is 0 Å². The van der Waals surface area contributed by atoms with Crippen LogP contribution in [0.4, 0.5) is 11.4 Å². The van der Waals surface area contributed by atoms with E-state index >= 15 is 0 Å². The van der Waals surface area contributed by atoms with E-state index in [0.29, 0.717) is 42.5 Å². The highest BCUT2D eigenvalue weighted by Gasteiger charge is 2.39. The van der Waals surface area contributed by atoms with Crippen molar-refractivity contribution in [2.75, 3.05) is 24.3 Å². The Hall–Kier alpha value is -4.18. The first-order valence-electron chi connectivity index (χ1n) is 13.8. The summed E-state index contributed by atoms with van der Waals surface area (Å²) in [7, 11) is 0. The van der Waals surface area contributed by atoms with Gasteiger partial charge in [-0.1, -0.05) is 82.8 Å². The molecule has 0 saturated heterocycles. The molecule has 8 nitrogen and oxygen atoms in total. The Balaban J connectivity index is 0.000000153. The summed E-state index contributed by atoms with van der Waals surface area (Å²) in [4.78, 5) is 22.2. The third-order valence-corrected chi connectivity index (χ3v) is 8.36. The summed E-state index contributed by atoms with van der Waals surface area (Å²) >= 11 is 24.4. The third-order valence-electron chi connectivity index (χ3n) is 7.20. The Kier molecular flexibility index (Phi) is 10.5. The first-order valence-corrected chi connectivity index (χ1v) is 15.3. The highest BCUT2D eigenvalue weighted by molar-refractivity contribution is 6.32. The average Bonchev–Trinajstić information content (AvgIpc) is 3.61. The number of nitrogens with one attached hydrogen (secondary N) is 1. The summed E-state index contributed by atoms with van der Waals surface area (Å²) in [6, 6.07) is 25.2. The molecule has 0 aliphatic carbocycles. The Bertz CT molecular complexity index is 1880. The summed E-state index contributed by atoms with van der Waals surface area (Å²) in [6.07, 6.45) is 0.183. The number of nitrogen functional groups attached to an aromatic ring is 1. The fourth-order valence-electron chi connectivity index (χ4n) is 5.06. The lowest BCUT2D eigenvalue weighted by Crippen LogP contribution is -2.20. The number of esters is 2. The van der Waals surface area contributed by atoms with Crippen LogP contribution in [0.25, 0.3) is 0 Å². The Labute approximate surface area is 284 Å². The Morgan fingerprint density at radius 3 is 2.11 bits per heavy atom. The van der Waals surface area contributed by atoms with Crippen LogP contribution in [0.3, 0.4) is 0 Å². The number of carbonyl (C=O) groups excluding carboxylic acids is 2. The van der Waals surface area contributed by atoms with Crippen molar-refractivity contribution in [1.29, 1.82) is 0 Å². The van der Waals surface area contributed by atoms with Crippen LogP contribution in [0, 0.1) is 0 Å². The zero-order valence-corrected chi connectivity index (χ0v) is 26.9. The molecule has 0 saturated carbocycles. The molecule has 0 radical (unpaired) electrons. The zero-order valence-electron chi connectivity index (χ0n) is 23.8. The number of ether oxygens (including phenoxy) is 2. The van der Waals surface area contributed by atoms with Gasteiger partial charge in [-0.15, -0.1) is 0 Å². The van der Waals surface area contributed by atoms with Crippen LogP contribution in [0.1, 0.15) is 34.3 Å². The Morgan fingerprint density at radius 2 is 1.46 bits per heavy atom. The summed E-state index contributed by atoms with van der Waals surface area (Å²) in [5, 5.41) is 24.2. The number of halogens is 4. The maximum Gasteiger partial charge on any atom is 0.337 e. The number of nitrogens with two attached hydrogens (primary N) is 1. The predicted molar refractivity (Wildman–Crippen MR) is 179 cm³/mol. The first-order chi connectivity index (χ1) is 22.0. The fourth-order valence-corrected chi connectivity index (χ4v) is 5.90. The smallest absolute Gasteiger partial charge is 0.337 e. The van der Waals surface area contributed by atoms with Crippen molar-refractivity contribution in [2.24, 2.45) is 0 Å². The molecule has 4 aromatic carbocycles. The van der Waals surface area contributed by atoms with E-state index < -0.39 is 12.1 Å². The van der Waals surface area contributed by atoms with Crippen LogP contribution in [-0.2, 0) is 19.1 Å². The van der Waals surface area contributed by atoms with Crippen molar-refractivity contribution in [2.45, 2.75) is 12.0 Å². The number of aliphatic hydroxyl groups excluding tert-OH is 2. The number of aliphatic hydroxyl groups is 2. The first kappa shape index (κ1) is 33.2. The van der Waals surface area contributed by atoms with E-state index in [1.807, 2.05) is 48.5 Å². The van der Waals surface area contributed by atoms with Crippen LogP contribution in [-0.4, -0.2) is 35.4 Å². The molecule has 236 valence electrons. The maximum atomic E-state index is 12.2. The van der Waals surface area contributed by atoms with Gasteiger partial charge in [0.15, 0.2) is 0 Å². The van der Waals surface area contributed by atoms with Gasteiger partial charge in [0.05, 0.1) is 17.3 Å². The van der Waals surface area contributed by atoms with Crippen LogP contribution in [0.15, 0.2) is 108 Å². The van der Waals surface area contributed by atoms with E-state index in [1.165, 1.54) is 0 Å². The number of anilines is 2. The second-order valence-corrected chi connectivity index (χ2v) is 11.9. The van der Waals surface area contributed by atoms with Crippen molar-refractivity contribution in [3.63, 3.8) is 0 Å². The van der Waals surface area contributed by atoms with Crippen LogP contribution < -0.4 is 11.1 Å². The van der Waals surface area contributed by atoms with Gasteiger partial charge in [0, 0.05) is 48.5 Å². The van der Waals surface area contributed by atoms with Crippen molar-refractivity contribution in [3.8, 4) is 0 Å². The normalized spacial score (nSPS) is 16.7. The number of carbonyl (C=O) groups is 2. The average molecular weight is 700 g/mol. The van der Waals surface area contributed by atoms with E-state index in [2.05, 4.69) is 10.1 Å². The summed E-state index contributed by atoms with van der Waals surface area (Å²) in [5.74, 6) is -1.03. The highest BCUT2D eigenvalue weighted by atomic mass is 35.5. The molecule has 46 heavy (non-hydrogen) atoms. The van der Waals surface area contributed by atoms with Gasteiger partial charge in [0.25, 0.3) is 0 Å². The second kappa shape index (κ2) is 14.5. The van der Waals surface area contributed by atoms with Crippen molar-refractivity contribution < 1.29 is 29.3 Å². The number of hydrogen-bond acceptors (Lipinski definition) is 8. The monoisotopic (exact) mass is 698 g/mol. The maximum absolute atomic E-state index is 12.2. The van der Waals surface area contributed by atoms with E-state index in [0.717, 1.165) is 28.6 Å². The summed E-state index contributed by atoms with van der Waals surface area (Å²) in [6.45, 7) is 0.302. The largest absolute Gasteiger partial charge is 0.508 e. The number of benzene rings is 4. The molecule has 12 heteroatoms. The van der Waals surface area contributed by atoms with Crippen molar-refractivity contribution in [1.82, 2.24) is 0 Å². The van der Waals surface area contributed by atoms with Gasteiger partial charge in [-0.25, -0.2) is 9.59 Å². The molecule has 0 fully saturated rings. The van der Waals surface area contributed by atoms with Crippen LogP contribution in [0.5, 0.6) is 0 Å². The van der Waals surface area contributed by atoms with Crippen molar-refractivity contribution >= 4 is 69.7 Å². The van der Waals surface area contributed by atoms with Gasteiger partial charge in [-0.2, -0.15) is 0 Å². The molecule has 0 aromatic heterocycles. The second-order valence-electron chi connectivity index (χ2n) is 10.2. The molecule has 3 aliphatic rings. The van der Waals surface area contributed by atoms with Crippen LogP contribution >= 0.6 is 46.4 Å². The van der Waals surface area contributed by atoms with Crippen LogP contribution in [0.2, 0.25) is 20.1 Å². The van der Waals surface area contributed by atoms with E-state index in [-0.39, 0.29) is 30.9 Å². The minimum absolute atomic E-state index is 0.00463. The molecular weight excluding hydrogens is 674 g/mol. The topological polar surface area (TPSA) is 131 Å². The number of fused-ring (bicyclic) bond motifs is 1. The number of hydrogen-bond donors (Lipinski definition) is 4. The third kappa shape index (κ3) is 7.44. The summed E-state index contributed by atoms with van der Waals surface area (Å²) in [5.41, 5.74) is 11.6. The molecule has 0 amide bonds. The SMILES string of the molecule is Nc1ccc(Cl)cc1C(O)c1ccccc1Cl.O=C1C=C(O)CO1.O=C1OCC2=C1C(c1ccccc1Cl)c1cc(Cl)ccc1N2. The molecule has 7 rings (SSSR count). The molecule has 4 aromatic rings. The lowest BCUT2D eigenvalue weighted by molar-refractivity contribution is -0.136. The van der Waals surface area contributed by atoms with Gasteiger partial charge in [-0.05, 0) is 59.7 Å². The minimum Gasteiger partial charge on any atom is -0.508 e.